The number of hydrogen-bond acceptors (Lipinski definition) is 6. The van der Waals surface area contributed by atoms with Gasteiger partial charge < -0.3 is 14.4 Å². The van der Waals surface area contributed by atoms with Crippen LogP contribution in [0.3, 0.4) is 0 Å². The van der Waals surface area contributed by atoms with Crippen LogP contribution in [-0.4, -0.2) is 59.0 Å². The van der Waals surface area contributed by atoms with E-state index in [1.807, 2.05) is 18.2 Å². The second-order valence-corrected chi connectivity index (χ2v) is 6.19. The molecule has 1 aromatic carbocycles. The molecule has 2 N–H and O–H groups in total. The molecule has 0 unspecified atom stereocenters. The summed E-state index contributed by atoms with van der Waals surface area (Å²) < 4.78 is 10.7. The Bertz CT molecular complexity index is 840. The van der Waals surface area contributed by atoms with Crippen molar-refractivity contribution in [3.8, 4) is 11.5 Å². The summed E-state index contributed by atoms with van der Waals surface area (Å²) in [5.41, 5.74) is 0.852. The van der Waals surface area contributed by atoms with Gasteiger partial charge in [0.25, 0.3) is 5.56 Å². The summed E-state index contributed by atoms with van der Waals surface area (Å²) in [6, 6.07) is 8.56. The molecule has 2 amide bonds. The molecule has 9 heteroatoms. The minimum Gasteiger partial charge on any atom is -0.454 e. The molecule has 2 aliphatic rings. The van der Waals surface area contributed by atoms with Crippen LogP contribution in [0.1, 0.15) is 5.56 Å². The number of urea groups is 1. The number of hydrogen-bond donors (Lipinski definition) is 2. The van der Waals surface area contributed by atoms with Gasteiger partial charge in [0, 0.05) is 38.8 Å². The minimum absolute atomic E-state index is 0.215. The fraction of sp³-hybridized carbons (Fsp3) is 0.353. The van der Waals surface area contributed by atoms with Crippen LogP contribution in [0.5, 0.6) is 11.5 Å². The van der Waals surface area contributed by atoms with Gasteiger partial charge in [-0.2, -0.15) is 5.10 Å². The topological polar surface area (TPSA) is 99.8 Å². The van der Waals surface area contributed by atoms with Gasteiger partial charge in [0.05, 0.1) is 0 Å². The zero-order valence-electron chi connectivity index (χ0n) is 14.1. The van der Waals surface area contributed by atoms with Crippen LogP contribution in [0.25, 0.3) is 0 Å². The molecule has 2 aliphatic heterocycles. The number of benzene rings is 1. The standard InChI is InChI=1S/C17H19N5O4/c23-16-4-3-15(19-20-16)18-17(24)22-7-5-21(6-8-22)10-12-1-2-13-14(9-12)26-11-25-13/h1-4,9H,5-8,10-11H2,(H,20,23)(H,18,19,24). The average molecular weight is 357 g/mol. The Kier molecular flexibility index (Phi) is 4.44. The van der Waals surface area contributed by atoms with Crippen molar-refractivity contribution in [2.75, 3.05) is 38.3 Å². The molecule has 0 radical (unpaired) electrons. The normalized spacial score (nSPS) is 16.5. The Morgan fingerprint density at radius 2 is 1.92 bits per heavy atom. The van der Waals surface area contributed by atoms with Crippen LogP contribution < -0.4 is 20.3 Å². The number of anilines is 1. The van der Waals surface area contributed by atoms with Crippen molar-refractivity contribution in [3.05, 3.63) is 46.2 Å². The number of rotatable bonds is 3. The molecule has 1 aromatic heterocycles. The number of nitrogens with zero attached hydrogens (tertiary/aromatic N) is 3. The first-order valence-electron chi connectivity index (χ1n) is 8.40. The fourth-order valence-electron chi connectivity index (χ4n) is 3.01. The number of fused-ring (bicyclic) bond motifs is 1. The lowest BCUT2D eigenvalue weighted by molar-refractivity contribution is 0.143. The Labute approximate surface area is 149 Å². The lowest BCUT2D eigenvalue weighted by atomic mass is 10.1. The van der Waals surface area contributed by atoms with Gasteiger partial charge in [0.15, 0.2) is 17.3 Å². The van der Waals surface area contributed by atoms with Crippen molar-refractivity contribution < 1.29 is 14.3 Å². The van der Waals surface area contributed by atoms with Gasteiger partial charge in [-0.3, -0.25) is 15.0 Å². The van der Waals surface area contributed by atoms with E-state index < -0.39 is 0 Å². The van der Waals surface area contributed by atoms with Crippen molar-refractivity contribution in [3.63, 3.8) is 0 Å². The predicted molar refractivity (Wildman–Crippen MR) is 93.3 cm³/mol. The highest BCUT2D eigenvalue weighted by molar-refractivity contribution is 5.88. The molecule has 1 saturated heterocycles. The van der Waals surface area contributed by atoms with Gasteiger partial charge in [-0.05, 0) is 23.8 Å². The average Bonchev–Trinajstić information content (AvgIpc) is 3.12. The Morgan fingerprint density at radius 1 is 1.12 bits per heavy atom. The second kappa shape index (κ2) is 7.04. The van der Waals surface area contributed by atoms with E-state index in [1.54, 1.807) is 4.90 Å². The van der Waals surface area contributed by atoms with Crippen LogP contribution in [-0.2, 0) is 6.54 Å². The maximum Gasteiger partial charge on any atom is 0.323 e. The van der Waals surface area contributed by atoms with E-state index in [0.29, 0.717) is 18.9 Å². The van der Waals surface area contributed by atoms with Gasteiger partial charge in [-0.25, -0.2) is 9.89 Å². The van der Waals surface area contributed by atoms with Crippen molar-refractivity contribution in [2.24, 2.45) is 0 Å². The van der Waals surface area contributed by atoms with Crippen LogP contribution in [0.4, 0.5) is 10.6 Å². The summed E-state index contributed by atoms with van der Waals surface area (Å²) in [4.78, 5) is 27.3. The van der Waals surface area contributed by atoms with Gasteiger partial charge >= 0.3 is 6.03 Å². The molecular formula is C17H19N5O4. The summed E-state index contributed by atoms with van der Waals surface area (Å²) >= 11 is 0. The molecule has 1 fully saturated rings. The third kappa shape index (κ3) is 3.62. The number of carbonyl (C=O) groups is 1. The molecule has 0 aliphatic carbocycles. The second-order valence-electron chi connectivity index (χ2n) is 6.19. The highest BCUT2D eigenvalue weighted by atomic mass is 16.7. The number of aromatic amines is 1. The van der Waals surface area contributed by atoms with Crippen LogP contribution in [0.15, 0.2) is 35.1 Å². The number of ether oxygens (including phenoxy) is 2. The number of aromatic nitrogens is 2. The quantitative estimate of drug-likeness (QED) is 0.845. The number of carbonyl (C=O) groups excluding carboxylic acids is 1. The molecule has 26 heavy (non-hydrogen) atoms. The van der Waals surface area contributed by atoms with Gasteiger partial charge in [0.1, 0.15) is 0 Å². The van der Waals surface area contributed by atoms with Crippen LogP contribution in [0, 0.1) is 0 Å². The van der Waals surface area contributed by atoms with Gasteiger partial charge in [-0.15, -0.1) is 0 Å². The van der Waals surface area contributed by atoms with E-state index in [2.05, 4.69) is 20.4 Å². The molecule has 0 atom stereocenters. The van der Waals surface area contributed by atoms with E-state index in [1.165, 1.54) is 12.1 Å². The number of nitrogens with one attached hydrogen (secondary N) is 2. The van der Waals surface area contributed by atoms with Crippen molar-refractivity contribution in [1.82, 2.24) is 20.0 Å². The van der Waals surface area contributed by atoms with E-state index in [-0.39, 0.29) is 18.4 Å². The monoisotopic (exact) mass is 357 g/mol. The van der Waals surface area contributed by atoms with Crippen molar-refractivity contribution >= 4 is 11.8 Å². The Morgan fingerprint density at radius 3 is 2.69 bits per heavy atom. The largest absolute Gasteiger partial charge is 0.454 e. The smallest absolute Gasteiger partial charge is 0.323 e. The first kappa shape index (κ1) is 16.4. The number of piperazine rings is 1. The summed E-state index contributed by atoms with van der Waals surface area (Å²) in [7, 11) is 0. The molecule has 9 nitrogen and oxygen atoms in total. The SMILES string of the molecule is O=C(Nc1ccc(=O)[nH]n1)N1CCN(Cc2ccc3c(c2)OCO3)CC1. The fourth-order valence-corrected chi connectivity index (χ4v) is 3.01. The maximum absolute atomic E-state index is 12.3. The van der Waals surface area contributed by atoms with E-state index in [9.17, 15) is 9.59 Å². The summed E-state index contributed by atoms with van der Waals surface area (Å²) in [5, 5.41) is 8.77. The summed E-state index contributed by atoms with van der Waals surface area (Å²) in [5.74, 6) is 1.90. The Hall–Kier alpha value is -3.07. The van der Waals surface area contributed by atoms with Crippen molar-refractivity contribution in [2.45, 2.75) is 6.54 Å². The van der Waals surface area contributed by atoms with E-state index in [4.69, 9.17) is 9.47 Å². The lowest BCUT2D eigenvalue weighted by Gasteiger charge is -2.34. The molecule has 2 aromatic rings. The third-order valence-electron chi connectivity index (χ3n) is 4.42. The first-order valence-corrected chi connectivity index (χ1v) is 8.40. The third-order valence-corrected chi connectivity index (χ3v) is 4.42. The zero-order chi connectivity index (χ0) is 17.9. The molecule has 4 rings (SSSR count). The van der Waals surface area contributed by atoms with E-state index in [0.717, 1.165) is 36.7 Å². The molecule has 3 heterocycles. The lowest BCUT2D eigenvalue weighted by Crippen LogP contribution is -2.49. The van der Waals surface area contributed by atoms with Gasteiger partial charge in [-0.1, -0.05) is 6.07 Å². The highest BCUT2D eigenvalue weighted by Gasteiger charge is 2.22. The van der Waals surface area contributed by atoms with Crippen LogP contribution in [0.2, 0.25) is 0 Å². The first-order chi connectivity index (χ1) is 12.7. The minimum atomic E-state index is -0.305. The van der Waals surface area contributed by atoms with E-state index >= 15 is 0 Å². The maximum atomic E-state index is 12.3. The van der Waals surface area contributed by atoms with Gasteiger partial charge in [0.2, 0.25) is 6.79 Å². The van der Waals surface area contributed by atoms with Crippen molar-refractivity contribution in [1.29, 1.82) is 0 Å². The molecule has 0 saturated carbocycles. The van der Waals surface area contributed by atoms with Crippen LogP contribution >= 0.6 is 0 Å². The molecular weight excluding hydrogens is 338 g/mol. The number of H-pyrrole nitrogens is 1. The molecule has 0 spiro atoms. The Balaban J connectivity index is 1.29. The highest BCUT2D eigenvalue weighted by Crippen LogP contribution is 2.32. The molecule has 136 valence electrons. The summed E-state index contributed by atoms with van der Waals surface area (Å²) in [6.45, 7) is 3.88. The zero-order valence-corrected chi connectivity index (χ0v) is 14.1. The summed E-state index contributed by atoms with van der Waals surface area (Å²) in [6.07, 6.45) is 0. The predicted octanol–water partition coefficient (Wildman–Crippen LogP) is 0.848. The number of amides is 2. The molecule has 0 bridgehead atoms.